The first-order valence-electron chi connectivity index (χ1n) is 5.43. The van der Waals surface area contributed by atoms with E-state index in [0.29, 0.717) is 24.7 Å². The van der Waals surface area contributed by atoms with Crippen molar-refractivity contribution < 1.29 is 8.81 Å². The van der Waals surface area contributed by atoms with Crippen LogP contribution >= 0.6 is 11.6 Å². The molecule has 2 aromatic heterocycles. The summed E-state index contributed by atoms with van der Waals surface area (Å²) in [6.07, 6.45) is 2.06. The van der Waals surface area contributed by atoms with Crippen molar-refractivity contribution in [3.8, 4) is 0 Å². The van der Waals surface area contributed by atoms with Crippen LogP contribution in [0.25, 0.3) is 0 Å². The fourth-order valence-corrected chi connectivity index (χ4v) is 1.61. The Bertz CT molecular complexity index is 546. The summed E-state index contributed by atoms with van der Waals surface area (Å²) in [5.74, 6) is 0.685. The zero-order valence-corrected chi connectivity index (χ0v) is 10.8. The summed E-state index contributed by atoms with van der Waals surface area (Å²) < 4.78 is 19.0. The molecule has 0 saturated heterocycles. The summed E-state index contributed by atoms with van der Waals surface area (Å²) in [5, 5.41) is 7.96. The zero-order valence-electron chi connectivity index (χ0n) is 10.0. The summed E-state index contributed by atoms with van der Waals surface area (Å²) in [6.45, 7) is 2.21. The van der Waals surface area contributed by atoms with Crippen LogP contribution in [0.4, 0.5) is 10.2 Å². The predicted octanol–water partition coefficient (Wildman–Crippen LogP) is 2.46. The van der Waals surface area contributed by atoms with Crippen molar-refractivity contribution >= 4 is 17.4 Å². The van der Waals surface area contributed by atoms with E-state index in [0.717, 1.165) is 0 Å². The summed E-state index contributed by atoms with van der Waals surface area (Å²) in [7, 11) is 1.69. The molecule has 5 nitrogen and oxygen atoms in total. The fourth-order valence-electron chi connectivity index (χ4n) is 1.46. The van der Waals surface area contributed by atoms with Gasteiger partial charge in [0.25, 0.3) is 0 Å². The second-order valence-corrected chi connectivity index (χ2v) is 4.19. The third-order valence-electron chi connectivity index (χ3n) is 2.33. The molecule has 96 valence electrons. The number of hydrogen-bond acceptors (Lipinski definition) is 5. The molecule has 0 unspecified atom stereocenters. The van der Waals surface area contributed by atoms with Gasteiger partial charge in [0.15, 0.2) is 11.6 Å². The summed E-state index contributed by atoms with van der Waals surface area (Å²) in [5.41, 5.74) is 0. The van der Waals surface area contributed by atoms with E-state index < -0.39 is 5.82 Å². The summed E-state index contributed by atoms with van der Waals surface area (Å²) >= 11 is 5.64. The largest absolute Gasteiger partial charge is 0.423 e. The lowest BCUT2D eigenvalue weighted by molar-refractivity contribution is 0.451. The van der Waals surface area contributed by atoms with Gasteiger partial charge in [-0.3, -0.25) is 0 Å². The summed E-state index contributed by atoms with van der Waals surface area (Å²) in [6, 6.07) is 1.21. The van der Waals surface area contributed by atoms with Gasteiger partial charge in [0.2, 0.25) is 11.8 Å². The Hall–Kier alpha value is -1.69. The maximum absolute atomic E-state index is 13.6. The van der Waals surface area contributed by atoms with Crippen LogP contribution in [-0.2, 0) is 13.0 Å². The van der Waals surface area contributed by atoms with E-state index in [1.165, 1.54) is 12.3 Å². The van der Waals surface area contributed by atoms with Gasteiger partial charge < -0.3 is 9.32 Å². The molecule has 0 aromatic carbocycles. The average Bonchev–Trinajstić information content (AvgIpc) is 2.76. The first-order chi connectivity index (χ1) is 8.60. The van der Waals surface area contributed by atoms with E-state index in [4.69, 9.17) is 16.0 Å². The number of aryl methyl sites for hydroxylation is 1. The third kappa shape index (κ3) is 2.76. The molecule has 2 aromatic rings. The Morgan fingerprint density at radius 2 is 2.11 bits per heavy atom. The lowest BCUT2D eigenvalue weighted by atomic mass is 10.4. The van der Waals surface area contributed by atoms with Gasteiger partial charge >= 0.3 is 0 Å². The standard InChI is InChI=1S/C11H12ClFN4O/c1-3-9-15-16-10(18-9)6-17(2)11-8(13)4-7(12)5-14-11/h4-5H,3,6H2,1-2H3. The van der Waals surface area contributed by atoms with Crippen molar-refractivity contribution in [1.29, 1.82) is 0 Å². The molecule has 0 aliphatic carbocycles. The molecular formula is C11H12ClFN4O. The number of halogens is 2. The smallest absolute Gasteiger partial charge is 0.235 e. The molecule has 0 fully saturated rings. The van der Waals surface area contributed by atoms with Crippen LogP contribution in [0.3, 0.4) is 0 Å². The minimum absolute atomic E-state index is 0.190. The van der Waals surface area contributed by atoms with Crippen LogP contribution in [0.2, 0.25) is 5.02 Å². The van der Waals surface area contributed by atoms with Gasteiger partial charge in [0, 0.05) is 19.7 Å². The Kier molecular flexibility index (Phi) is 3.76. The highest BCUT2D eigenvalue weighted by molar-refractivity contribution is 6.30. The van der Waals surface area contributed by atoms with Gasteiger partial charge in [0.05, 0.1) is 11.6 Å². The van der Waals surface area contributed by atoms with Crippen molar-refractivity contribution in [2.24, 2.45) is 0 Å². The van der Waals surface area contributed by atoms with E-state index in [1.807, 2.05) is 6.92 Å². The second-order valence-electron chi connectivity index (χ2n) is 3.76. The van der Waals surface area contributed by atoms with Crippen LogP contribution < -0.4 is 4.90 Å². The minimum Gasteiger partial charge on any atom is -0.423 e. The van der Waals surface area contributed by atoms with Crippen LogP contribution in [0.1, 0.15) is 18.7 Å². The molecule has 18 heavy (non-hydrogen) atoms. The number of hydrogen-bond donors (Lipinski definition) is 0. The fraction of sp³-hybridized carbons (Fsp3) is 0.364. The van der Waals surface area contributed by atoms with Gasteiger partial charge in [0.1, 0.15) is 0 Å². The average molecular weight is 271 g/mol. The molecule has 0 saturated carbocycles. The Morgan fingerprint density at radius 3 is 2.72 bits per heavy atom. The Morgan fingerprint density at radius 1 is 1.39 bits per heavy atom. The topological polar surface area (TPSA) is 55.1 Å². The second kappa shape index (κ2) is 5.30. The molecule has 2 rings (SSSR count). The highest BCUT2D eigenvalue weighted by Gasteiger charge is 2.13. The van der Waals surface area contributed by atoms with Crippen LogP contribution in [0.5, 0.6) is 0 Å². The number of pyridine rings is 1. The zero-order chi connectivity index (χ0) is 13.1. The molecule has 0 atom stereocenters. The highest BCUT2D eigenvalue weighted by Crippen LogP contribution is 2.19. The highest BCUT2D eigenvalue weighted by atomic mass is 35.5. The molecule has 0 N–H and O–H groups in total. The van der Waals surface area contributed by atoms with Gasteiger partial charge in [-0.15, -0.1) is 10.2 Å². The van der Waals surface area contributed by atoms with Crippen LogP contribution in [-0.4, -0.2) is 22.2 Å². The van der Waals surface area contributed by atoms with Gasteiger partial charge in [-0.25, -0.2) is 9.37 Å². The number of anilines is 1. The van der Waals surface area contributed by atoms with Gasteiger partial charge in [-0.2, -0.15) is 0 Å². The van der Waals surface area contributed by atoms with E-state index >= 15 is 0 Å². The maximum Gasteiger partial charge on any atom is 0.235 e. The normalized spacial score (nSPS) is 10.7. The van der Waals surface area contributed by atoms with Gasteiger partial charge in [-0.05, 0) is 6.07 Å². The molecule has 0 spiro atoms. The number of nitrogens with zero attached hydrogens (tertiary/aromatic N) is 4. The lowest BCUT2D eigenvalue weighted by Crippen LogP contribution is -2.19. The Labute approximate surface area is 109 Å². The monoisotopic (exact) mass is 270 g/mol. The van der Waals surface area contributed by atoms with Crippen molar-refractivity contribution in [3.05, 3.63) is 34.9 Å². The first-order valence-corrected chi connectivity index (χ1v) is 5.81. The van der Waals surface area contributed by atoms with E-state index in [2.05, 4.69) is 15.2 Å². The maximum atomic E-state index is 13.6. The van der Waals surface area contributed by atoms with Crippen molar-refractivity contribution in [2.75, 3.05) is 11.9 Å². The van der Waals surface area contributed by atoms with E-state index in [1.54, 1.807) is 11.9 Å². The quantitative estimate of drug-likeness (QED) is 0.854. The lowest BCUT2D eigenvalue weighted by Gasteiger charge is -2.16. The van der Waals surface area contributed by atoms with Crippen molar-refractivity contribution in [2.45, 2.75) is 19.9 Å². The Balaban J connectivity index is 2.13. The van der Waals surface area contributed by atoms with Crippen molar-refractivity contribution in [1.82, 2.24) is 15.2 Å². The number of rotatable bonds is 4. The molecule has 2 heterocycles. The summed E-state index contributed by atoms with van der Waals surface area (Å²) in [4.78, 5) is 5.51. The van der Waals surface area contributed by atoms with Crippen LogP contribution in [0.15, 0.2) is 16.7 Å². The van der Waals surface area contributed by atoms with Gasteiger partial charge in [-0.1, -0.05) is 18.5 Å². The van der Waals surface area contributed by atoms with E-state index in [-0.39, 0.29) is 10.8 Å². The van der Waals surface area contributed by atoms with E-state index in [9.17, 15) is 4.39 Å². The minimum atomic E-state index is -0.486. The molecule has 0 aliphatic heterocycles. The molecule has 0 aliphatic rings. The van der Waals surface area contributed by atoms with Crippen LogP contribution in [0, 0.1) is 5.82 Å². The molecule has 0 amide bonds. The molecule has 0 bridgehead atoms. The molecule has 0 radical (unpaired) electrons. The molecule has 7 heteroatoms. The first kappa shape index (κ1) is 12.8. The third-order valence-corrected chi connectivity index (χ3v) is 2.54. The SMILES string of the molecule is CCc1nnc(CN(C)c2ncc(Cl)cc2F)o1. The number of aromatic nitrogens is 3. The molecular weight excluding hydrogens is 259 g/mol. The predicted molar refractivity (Wildman–Crippen MR) is 65.0 cm³/mol. The van der Waals surface area contributed by atoms with Crippen molar-refractivity contribution in [3.63, 3.8) is 0 Å².